The average molecular weight is 518 g/mol. The van der Waals surface area contributed by atoms with Crippen LogP contribution in [0.1, 0.15) is 30.1 Å². The van der Waals surface area contributed by atoms with Crippen molar-refractivity contribution in [1.82, 2.24) is 10.2 Å². The second-order valence-corrected chi connectivity index (χ2v) is 8.43. The van der Waals surface area contributed by atoms with Gasteiger partial charge in [-0.25, -0.2) is 4.79 Å². The average Bonchev–Trinajstić information content (AvgIpc) is 2.77. The summed E-state index contributed by atoms with van der Waals surface area (Å²) in [6, 6.07) is 11.8. The molecule has 0 radical (unpaired) electrons. The van der Waals surface area contributed by atoms with E-state index in [1.54, 1.807) is 36.4 Å². The van der Waals surface area contributed by atoms with E-state index in [1.165, 1.54) is 6.92 Å². The Balaban J connectivity index is 0.00000385. The summed E-state index contributed by atoms with van der Waals surface area (Å²) in [5, 5.41) is 12.8. The van der Waals surface area contributed by atoms with Gasteiger partial charge < -0.3 is 24.8 Å². The molecule has 0 bridgehead atoms. The fourth-order valence-corrected chi connectivity index (χ4v) is 3.68. The highest BCUT2D eigenvalue weighted by Crippen LogP contribution is 2.28. The maximum Gasteiger partial charge on any atom is 0.344 e. The number of aliphatic carboxylic acids is 1. The predicted octanol–water partition coefficient (Wildman–Crippen LogP) is 4.54. The van der Waals surface area contributed by atoms with Crippen molar-refractivity contribution in [3.63, 3.8) is 0 Å². The van der Waals surface area contributed by atoms with Gasteiger partial charge in [-0.15, -0.1) is 12.4 Å². The van der Waals surface area contributed by atoms with Crippen molar-refractivity contribution in [2.45, 2.75) is 32.0 Å². The zero-order valence-corrected chi connectivity index (χ0v) is 20.5. The Labute approximate surface area is 209 Å². The molecule has 1 aliphatic heterocycles. The third-order valence-corrected chi connectivity index (χ3v) is 5.94. The first-order valence-corrected chi connectivity index (χ1v) is 11.2. The third kappa shape index (κ3) is 8.27. The SMILES string of the molecule is CC(Oc1cccc(C(=O)NCCN2CCC(Oc3ccc(Cl)c(Cl)c3)CC2)c1)C(=O)O.Cl. The van der Waals surface area contributed by atoms with Gasteiger partial charge in [0.1, 0.15) is 17.6 Å². The molecule has 1 atom stereocenters. The van der Waals surface area contributed by atoms with Crippen molar-refractivity contribution >= 4 is 47.5 Å². The summed E-state index contributed by atoms with van der Waals surface area (Å²) in [4.78, 5) is 25.6. The largest absolute Gasteiger partial charge is 0.490 e. The number of ether oxygens (including phenoxy) is 2. The second kappa shape index (κ2) is 12.9. The minimum absolute atomic E-state index is 0. The molecular weight excluding hydrogens is 491 g/mol. The van der Waals surface area contributed by atoms with Crippen LogP contribution in [0.25, 0.3) is 0 Å². The summed E-state index contributed by atoms with van der Waals surface area (Å²) >= 11 is 12.0. The Kier molecular flexibility index (Phi) is 10.6. The molecular formula is C23H27Cl3N2O5. The van der Waals surface area contributed by atoms with Crippen LogP contribution in [-0.2, 0) is 4.79 Å². The Morgan fingerprint density at radius 1 is 1.12 bits per heavy atom. The van der Waals surface area contributed by atoms with E-state index in [-0.39, 0.29) is 24.4 Å². The molecule has 7 nitrogen and oxygen atoms in total. The molecule has 2 aromatic carbocycles. The van der Waals surface area contributed by atoms with E-state index >= 15 is 0 Å². The van der Waals surface area contributed by atoms with Crippen molar-refractivity contribution in [2.75, 3.05) is 26.2 Å². The number of benzene rings is 2. The zero-order chi connectivity index (χ0) is 23.1. The summed E-state index contributed by atoms with van der Waals surface area (Å²) in [5.74, 6) is -0.229. The monoisotopic (exact) mass is 516 g/mol. The first kappa shape index (κ1) is 27.1. The molecule has 0 aromatic heterocycles. The summed E-state index contributed by atoms with van der Waals surface area (Å²) < 4.78 is 11.3. The van der Waals surface area contributed by atoms with Crippen LogP contribution in [0.5, 0.6) is 11.5 Å². The van der Waals surface area contributed by atoms with Crippen LogP contribution in [0.4, 0.5) is 0 Å². The summed E-state index contributed by atoms with van der Waals surface area (Å²) in [7, 11) is 0. The molecule has 1 fully saturated rings. The summed E-state index contributed by atoms with van der Waals surface area (Å²) in [6.07, 6.45) is 0.899. The molecule has 1 heterocycles. The second-order valence-electron chi connectivity index (χ2n) is 7.62. The van der Waals surface area contributed by atoms with E-state index in [1.807, 2.05) is 6.07 Å². The molecule has 0 spiro atoms. The fraction of sp³-hybridized carbons (Fsp3) is 0.391. The number of carbonyl (C=O) groups excluding carboxylic acids is 1. The standard InChI is InChI=1S/C23H26Cl2N2O5.ClH/c1-15(23(29)30)31-18-4-2-3-16(13-18)22(28)26-9-12-27-10-7-17(8-11-27)32-19-5-6-20(24)21(25)14-19;/h2-6,13-15,17H,7-12H2,1H3,(H,26,28)(H,29,30);1H. The van der Waals surface area contributed by atoms with Crippen LogP contribution in [0.15, 0.2) is 42.5 Å². The van der Waals surface area contributed by atoms with Crippen molar-refractivity contribution in [2.24, 2.45) is 0 Å². The molecule has 1 saturated heterocycles. The molecule has 1 amide bonds. The van der Waals surface area contributed by atoms with Gasteiger partial charge in [0.2, 0.25) is 0 Å². The van der Waals surface area contributed by atoms with Crippen LogP contribution < -0.4 is 14.8 Å². The number of rotatable bonds is 9. The van der Waals surface area contributed by atoms with Gasteiger partial charge in [0.05, 0.1) is 10.0 Å². The van der Waals surface area contributed by atoms with Gasteiger partial charge in [-0.05, 0) is 50.1 Å². The van der Waals surface area contributed by atoms with E-state index < -0.39 is 12.1 Å². The van der Waals surface area contributed by atoms with Crippen LogP contribution in [0.3, 0.4) is 0 Å². The van der Waals surface area contributed by atoms with Gasteiger partial charge in [-0.1, -0.05) is 29.3 Å². The Morgan fingerprint density at radius 3 is 2.52 bits per heavy atom. The number of carboxylic acid groups (broad SMARTS) is 1. The van der Waals surface area contributed by atoms with E-state index in [9.17, 15) is 9.59 Å². The molecule has 2 N–H and O–H groups in total. The first-order valence-electron chi connectivity index (χ1n) is 10.4. The Hall–Kier alpha value is -2.19. The number of nitrogens with one attached hydrogen (secondary N) is 1. The number of piperidine rings is 1. The van der Waals surface area contributed by atoms with Gasteiger partial charge in [0.15, 0.2) is 6.10 Å². The minimum Gasteiger partial charge on any atom is -0.490 e. The topological polar surface area (TPSA) is 88.1 Å². The first-order chi connectivity index (χ1) is 15.3. The van der Waals surface area contributed by atoms with E-state index in [0.29, 0.717) is 33.7 Å². The molecule has 0 saturated carbocycles. The number of amides is 1. The van der Waals surface area contributed by atoms with Gasteiger partial charge in [0, 0.05) is 37.8 Å². The molecule has 33 heavy (non-hydrogen) atoms. The Morgan fingerprint density at radius 2 is 1.85 bits per heavy atom. The van der Waals surface area contributed by atoms with Crippen LogP contribution in [-0.4, -0.2) is 60.3 Å². The summed E-state index contributed by atoms with van der Waals surface area (Å²) in [5.41, 5.74) is 0.425. The van der Waals surface area contributed by atoms with Crippen molar-refractivity contribution in [1.29, 1.82) is 0 Å². The van der Waals surface area contributed by atoms with Crippen LogP contribution in [0, 0.1) is 0 Å². The number of hydrogen-bond acceptors (Lipinski definition) is 5. The van der Waals surface area contributed by atoms with Crippen LogP contribution in [0.2, 0.25) is 10.0 Å². The molecule has 10 heteroatoms. The maximum atomic E-state index is 12.4. The zero-order valence-electron chi connectivity index (χ0n) is 18.1. The maximum absolute atomic E-state index is 12.4. The van der Waals surface area contributed by atoms with E-state index in [0.717, 1.165) is 32.5 Å². The molecule has 2 aromatic rings. The van der Waals surface area contributed by atoms with Crippen molar-refractivity contribution in [3.8, 4) is 11.5 Å². The van der Waals surface area contributed by atoms with Gasteiger partial charge in [0.25, 0.3) is 5.91 Å². The highest BCUT2D eigenvalue weighted by molar-refractivity contribution is 6.42. The smallest absolute Gasteiger partial charge is 0.344 e. The van der Waals surface area contributed by atoms with Crippen molar-refractivity contribution in [3.05, 3.63) is 58.1 Å². The normalized spacial score (nSPS) is 15.2. The number of carboxylic acids is 1. The highest BCUT2D eigenvalue weighted by Gasteiger charge is 2.21. The fourth-order valence-electron chi connectivity index (χ4n) is 3.39. The molecule has 1 aliphatic rings. The lowest BCUT2D eigenvalue weighted by molar-refractivity contribution is -0.144. The van der Waals surface area contributed by atoms with E-state index in [2.05, 4.69) is 10.2 Å². The number of nitrogens with zero attached hydrogens (tertiary/aromatic N) is 1. The lowest BCUT2D eigenvalue weighted by Crippen LogP contribution is -2.42. The lowest BCUT2D eigenvalue weighted by atomic mass is 10.1. The number of likely N-dealkylation sites (tertiary alicyclic amines) is 1. The third-order valence-electron chi connectivity index (χ3n) is 5.20. The van der Waals surface area contributed by atoms with Gasteiger partial charge in [-0.2, -0.15) is 0 Å². The quantitative estimate of drug-likeness (QED) is 0.508. The predicted molar refractivity (Wildman–Crippen MR) is 130 cm³/mol. The van der Waals surface area contributed by atoms with Gasteiger partial charge >= 0.3 is 5.97 Å². The Bertz CT molecular complexity index is 951. The molecule has 3 rings (SSSR count). The minimum atomic E-state index is -1.06. The molecule has 1 unspecified atom stereocenters. The number of hydrogen-bond donors (Lipinski definition) is 2. The van der Waals surface area contributed by atoms with E-state index in [4.69, 9.17) is 37.8 Å². The summed E-state index contributed by atoms with van der Waals surface area (Å²) in [6.45, 7) is 4.43. The number of carbonyl (C=O) groups is 2. The highest BCUT2D eigenvalue weighted by atomic mass is 35.5. The molecule has 180 valence electrons. The number of halogens is 3. The van der Waals surface area contributed by atoms with Crippen molar-refractivity contribution < 1.29 is 24.2 Å². The lowest BCUT2D eigenvalue weighted by Gasteiger charge is -2.32. The van der Waals surface area contributed by atoms with Gasteiger partial charge in [-0.3, -0.25) is 4.79 Å². The van der Waals surface area contributed by atoms with Crippen LogP contribution >= 0.6 is 35.6 Å². The molecule has 0 aliphatic carbocycles.